The fourth-order valence-corrected chi connectivity index (χ4v) is 1.44. The Bertz CT molecular complexity index is 247. The molecular weight excluding hydrogens is 189 g/mol. The lowest BCUT2D eigenvalue weighted by Crippen LogP contribution is -2.63. The van der Waals surface area contributed by atoms with Crippen LogP contribution in [0, 0.1) is 0 Å². The minimum absolute atomic E-state index is 0.508. The number of morpholine rings is 1. The molecule has 0 aromatic rings. The Balaban J connectivity index is 3.11. The molecule has 0 aromatic heterocycles. The summed E-state index contributed by atoms with van der Waals surface area (Å²) in [6.45, 7) is 6.88. The number of carbonyl (C=O) groups excluding carboxylic acids is 2. The fourth-order valence-electron chi connectivity index (χ4n) is 1.23. The number of rotatable bonds is 0. The number of hydrogen-bond donors (Lipinski definition) is 0. The molecule has 0 spiro atoms. The molecule has 13 heavy (non-hydrogen) atoms. The van der Waals surface area contributed by atoms with E-state index in [1.54, 1.807) is 32.4 Å². The van der Waals surface area contributed by atoms with Crippen molar-refractivity contribution in [1.82, 2.24) is 4.67 Å². The maximum Gasteiger partial charge on any atom is 0.333 e. The molecule has 1 heterocycles. The van der Waals surface area contributed by atoms with Crippen LogP contribution in [0.15, 0.2) is 0 Å². The van der Waals surface area contributed by atoms with E-state index in [1.807, 2.05) is 0 Å². The molecule has 1 unspecified atom stereocenters. The SMILES string of the molecule is CC1(C)C(=O)OC(=O)C(C)(C)N1P. The van der Waals surface area contributed by atoms with E-state index in [4.69, 9.17) is 0 Å². The first kappa shape index (κ1) is 10.6. The van der Waals surface area contributed by atoms with Gasteiger partial charge in [0.15, 0.2) is 0 Å². The molecule has 0 saturated carbocycles. The second kappa shape index (κ2) is 2.76. The van der Waals surface area contributed by atoms with E-state index < -0.39 is 23.0 Å². The number of hydrogen-bond acceptors (Lipinski definition) is 4. The average molecular weight is 203 g/mol. The molecule has 1 atom stereocenters. The van der Waals surface area contributed by atoms with Crippen LogP contribution in [0.5, 0.6) is 0 Å². The number of nitrogens with zero attached hydrogens (tertiary/aromatic N) is 1. The lowest BCUT2D eigenvalue weighted by atomic mass is 9.94. The molecule has 0 aromatic carbocycles. The first-order chi connectivity index (χ1) is 5.70. The van der Waals surface area contributed by atoms with Crippen molar-refractivity contribution in [3.05, 3.63) is 0 Å². The molecule has 1 fully saturated rings. The second-order valence-corrected chi connectivity index (χ2v) is 4.68. The molecule has 74 valence electrons. The second-order valence-electron chi connectivity index (χ2n) is 4.17. The number of esters is 2. The Kier molecular flexibility index (Phi) is 2.25. The van der Waals surface area contributed by atoms with E-state index >= 15 is 0 Å². The summed E-state index contributed by atoms with van der Waals surface area (Å²) in [5.74, 6) is -1.02. The van der Waals surface area contributed by atoms with Crippen LogP contribution in [0.1, 0.15) is 27.7 Å². The van der Waals surface area contributed by atoms with Gasteiger partial charge in [0.25, 0.3) is 0 Å². The van der Waals surface area contributed by atoms with Gasteiger partial charge in [-0.3, -0.25) is 4.67 Å². The van der Waals surface area contributed by atoms with Gasteiger partial charge in [-0.25, -0.2) is 9.59 Å². The molecule has 0 N–H and O–H groups in total. The Morgan fingerprint density at radius 1 is 1.08 bits per heavy atom. The van der Waals surface area contributed by atoms with Crippen LogP contribution >= 0.6 is 9.39 Å². The average Bonchev–Trinajstić information content (AvgIpc) is 2.00. The lowest BCUT2D eigenvalue weighted by molar-refractivity contribution is -0.183. The number of ether oxygens (including phenoxy) is 1. The van der Waals surface area contributed by atoms with E-state index in [1.165, 1.54) is 0 Å². The van der Waals surface area contributed by atoms with Crippen molar-refractivity contribution in [1.29, 1.82) is 0 Å². The van der Waals surface area contributed by atoms with Crippen LogP contribution in [-0.4, -0.2) is 27.7 Å². The zero-order valence-electron chi connectivity index (χ0n) is 8.25. The Morgan fingerprint density at radius 3 is 1.69 bits per heavy atom. The van der Waals surface area contributed by atoms with Crippen molar-refractivity contribution in [3.63, 3.8) is 0 Å². The zero-order valence-corrected chi connectivity index (χ0v) is 9.40. The van der Waals surface area contributed by atoms with Crippen LogP contribution in [0.3, 0.4) is 0 Å². The predicted molar refractivity (Wildman–Crippen MR) is 50.8 cm³/mol. The Labute approximate surface area is 79.9 Å². The van der Waals surface area contributed by atoms with Gasteiger partial charge in [0.05, 0.1) is 0 Å². The summed E-state index contributed by atoms with van der Waals surface area (Å²) in [5.41, 5.74) is -1.55. The summed E-state index contributed by atoms with van der Waals surface area (Å²) in [7, 11) is 2.40. The summed E-state index contributed by atoms with van der Waals surface area (Å²) in [5, 5.41) is 0. The summed E-state index contributed by atoms with van der Waals surface area (Å²) in [4.78, 5) is 22.7. The summed E-state index contributed by atoms with van der Waals surface area (Å²) >= 11 is 0. The van der Waals surface area contributed by atoms with Gasteiger partial charge < -0.3 is 4.74 Å². The minimum atomic E-state index is -0.776. The quantitative estimate of drug-likeness (QED) is 0.330. The normalized spacial score (nSPS) is 27.2. The van der Waals surface area contributed by atoms with Crippen LogP contribution in [0.4, 0.5) is 0 Å². The molecule has 0 bridgehead atoms. The zero-order chi connectivity index (χ0) is 10.4. The van der Waals surface area contributed by atoms with Gasteiger partial charge in [-0.15, -0.1) is 0 Å². The summed E-state index contributed by atoms with van der Waals surface area (Å²) in [6.07, 6.45) is 0. The van der Waals surface area contributed by atoms with Crippen LogP contribution in [-0.2, 0) is 14.3 Å². The van der Waals surface area contributed by atoms with Crippen molar-refractivity contribution in [2.24, 2.45) is 0 Å². The highest BCUT2D eigenvalue weighted by Crippen LogP contribution is 2.35. The summed E-state index contributed by atoms with van der Waals surface area (Å²) in [6, 6.07) is 0. The maximum atomic E-state index is 11.3. The van der Waals surface area contributed by atoms with Crippen molar-refractivity contribution >= 4 is 21.3 Å². The lowest BCUT2D eigenvalue weighted by Gasteiger charge is -2.46. The van der Waals surface area contributed by atoms with Gasteiger partial charge in [-0.2, -0.15) is 0 Å². The van der Waals surface area contributed by atoms with Crippen LogP contribution < -0.4 is 0 Å². The van der Waals surface area contributed by atoms with Crippen LogP contribution in [0.2, 0.25) is 0 Å². The Hall–Kier alpha value is -0.470. The first-order valence-electron chi connectivity index (χ1n) is 4.02. The molecule has 4 nitrogen and oxygen atoms in total. The van der Waals surface area contributed by atoms with Gasteiger partial charge in [0, 0.05) is 0 Å². The number of cyclic esters (lactones) is 2. The fraction of sp³-hybridized carbons (Fsp3) is 0.750. The van der Waals surface area contributed by atoms with Crippen molar-refractivity contribution in [3.8, 4) is 0 Å². The highest BCUT2D eigenvalue weighted by Gasteiger charge is 2.52. The van der Waals surface area contributed by atoms with Crippen molar-refractivity contribution < 1.29 is 14.3 Å². The van der Waals surface area contributed by atoms with Gasteiger partial charge in [-0.1, -0.05) is 9.39 Å². The summed E-state index contributed by atoms with van der Waals surface area (Å²) < 4.78 is 6.30. The molecule has 1 saturated heterocycles. The van der Waals surface area contributed by atoms with E-state index in [9.17, 15) is 9.59 Å². The van der Waals surface area contributed by atoms with Gasteiger partial charge >= 0.3 is 11.9 Å². The molecule has 1 rings (SSSR count). The third-order valence-electron chi connectivity index (χ3n) is 2.39. The third kappa shape index (κ3) is 1.38. The van der Waals surface area contributed by atoms with Gasteiger partial charge in [0.2, 0.25) is 0 Å². The first-order valence-corrected chi connectivity index (χ1v) is 4.54. The van der Waals surface area contributed by atoms with E-state index in [0.29, 0.717) is 0 Å². The maximum absolute atomic E-state index is 11.3. The largest absolute Gasteiger partial charge is 0.390 e. The standard InChI is InChI=1S/C8H14NO3P/c1-7(2)5(10)12-6(11)8(3,4)9(7)13/h13H2,1-4H3. The topological polar surface area (TPSA) is 46.6 Å². The van der Waals surface area contributed by atoms with Crippen molar-refractivity contribution in [2.75, 3.05) is 0 Å². The molecule has 1 aliphatic rings. The minimum Gasteiger partial charge on any atom is -0.390 e. The molecule has 0 aliphatic carbocycles. The molecular formula is C8H14NO3P. The van der Waals surface area contributed by atoms with Crippen molar-refractivity contribution in [2.45, 2.75) is 38.8 Å². The Morgan fingerprint density at radius 2 is 1.38 bits per heavy atom. The van der Waals surface area contributed by atoms with E-state index in [-0.39, 0.29) is 0 Å². The van der Waals surface area contributed by atoms with Gasteiger partial charge in [-0.05, 0) is 27.7 Å². The highest BCUT2D eigenvalue weighted by molar-refractivity contribution is 7.13. The van der Waals surface area contributed by atoms with Crippen LogP contribution in [0.25, 0.3) is 0 Å². The van der Waals surface area contributed by atoms with E-state index in [2.05, 4.69) is 14.1 Å². The third-order valence-corrected chi connectivity index (χ3v) is 3.68. The monoisotopic (exact) mass is 203 g/mol. The molecule has 0 radical (unpaired) electrons. The van der Waals surface area contributed by atoms with Gasteiger partial charge in [0.1, 0.15) is 11.1 Å². The molecule has 0 amide bonds. The predicted octanol–water partition coefficient (Wildman–Crippen LogP) is 0.719. The smallest absolute Gasteiger partial charge is 0.333 e. The highest BCUT2D eigenvalue weighted by atomic mass is 31.0. The number of carbonyl (C=O) groups is 2. The molecule has 1 aliphatic heterocycles. The molecule has 5 heteroatoms. The van der Waals surface area contributed by atoms with E-state index in [0.717, 1.165) is 0 Å².